The summed E-state index contributed by atoms with van der Waals surface area (Å²) in [5.41, 5.74) is 2.57. The number of benzene rings is 1. The molecule has 0 aliphatic carbocycles. The largest absolute Gasteiger partial charge is 0.354 e. The topological polar surface area (TPSA) is 61.4 Å². The van der Waals surface area contributed by atoms with Gasteiger partial charge in [-0.1, -0.05) is 29.8 Å². The highest BCUT2D eigenvalue weighted by atomic mass is 16.2. The third kappa shape index (κ3) is 6.06. The van der Waals surface area contributed by atoms with E-state index in [-0.39, 0.29) is 17.9 Å². The Bertz CT molecular complexity index is 623. The molecule has 2 heterocycles. The van der Waals surface area contributed by atoms with E-state index >= 15 is 0 Å². The normalized spacial score (nSPS) is 22.6. The quantitative estimate of drug-likeness (QED) is 0.774. The van der Waals surface area contributed by atoms with Gasteiger partial charge in [0.2, 0.25) is 11.8 Å². The average molecular weight is 372 g/mol. The van der Waals surface area contributed by atoms with Gasteiger partial charge in [0.25, 0.3) is 0 Å². The maximum Gasteiger partial charge on any atom is 0.237 e. The molecule has 2 aliphatic rings. The van der Waals surface area contributed by atoms with Crippen molar-refractivity contribution in [3.63, 3.8) is 0 Å². The van der Waals surface area contributed by atoms with Gasteiger partial charge in [0.05, 0.1) is 6.04 Å². The summed E-state index contributed by atoms with van der Waals surface area (Å²) >= 11 is 0. The molecule has 1 aromatic carbocycles. The van der Waals surface area contributed by atoms with Crippen LogP contribution in [-0.2, 0) is 16.0 Å². The lowest BCUT2D eigenvalue weighted by atomic mass is 9.97. The number of rotatable bonds is 7. The molecule has 2 unspecified atom stereocenters. The molecule has 2 aliphatic heterocycles. The summed E-state index contributed by atoms with van der Waals surface area (Å²) in [6.45, 7) is 5.35. The maximum atomic E-state index is 12.6. The SMILES string of the molecule is Cc1ccc(CCCC(=O)N2CCCC(CNC(=O)C3CCCN3)C2)cc1. The lowest BCUT2D eigenvalue weighted by molar-refractivity contribution is -0.133. The summed E-state index contributed by atoms with van der Waals surface area (Å²) in [6, 6.07) is 8.54. The van der Waals surface area contributed by atoms with Crippen LogP contribution < -0.4 is 10.6 Å². The molecule has 2 atom stereocenters. The minimum absolute atomic E-state index is 0.0203. The van der Waals surface area contributed by atoms with Crippen LogP contribution in [0.1, 0.15) is 49.7 Å². The zero-order valence-electron chi connectivity index (χ0n) is 16.5. The van der Waals surface area contributed by atoms with Crippen molar-refractivity contribution in [3.05, 3.63) is 35.4 Å². The first kappa shape index (κ1) is 19.9. The first-order valence-electron chi connectivity index (χ1n) is 10.5. The molecule has 2 amide bonds. The fraction of sp³-hybridized carbons (Fsp3) is 0.636. The Kier molecular flexibility index (Phi) is 7.27. The smallest absolute Gasteiger partial charge is 0.237 e. The Balaban J connectivity index is 1.37. The molecule has 0 radical (unpaired) electrons. The van der Waals surface area contributed by atoms with Crippen molar-refractivity contribution in [1.29, 1.82) is 0 Å². The highest BCUT2D eigenvalue weighted by molar-refractivity contribution is 5.82. The Labute approximate surface area is 162 Å². The molecule has 1 aromatic rings. The zero-order chi connectivity index (χ0) is 19.1. The van der Waals surface area contributed by atoms with Crippen molar-refractivity contribution in [1.82, 2.24) is 15.5 Å². The van der Waals surface area contributed by atoms with Crippen molar-refractivity contribution in [2.45, 2.75) is 57.9 Å². The molecule has 148 valence electrons. The van der Waals surface area contributed by atoms with Crippen LogP contribution in [0.4, 0.5) is 0 Å². The number of carbonyl (C=O) groups is 2. The summed E-state index contributed by atoms with van der Waals surface area (Å²) in [5, 5.41) is 6.32. The fourth-order valence-electron chi connectivity index (χ4n) is 4.09. The highest BCUT2D eigenvalue weighted by Crippen LogP contribution is 2.18. The van der Waals surface area contributed by atoms with Gasteiger partial charge in [-0.2, -0.15) is 0 Å². The average Bonchev–Trinajstić information content (AvgIpc) is 3.23. The van der Waals surface area contributed by atoms with E-state index < -0.39 is 0 Å². The van der Waals surface area contributed by atoms with E-state index in [2.05, 4.69) is 41.8 Å². The van der Waals surface area contributed by atoms with Gasteiger partial charge in [-0.05, 0) is 63.5 Å². The van der Waals surface area contributed by atoms with Gasteiger partial charge in [-0.25, -0.2) is 0 Å². The fourth-order valence-corrected chi connectivity index (χ4v) is 4.09. The van der Waals surface area contributed by atoms with Crippen LogP contribution in [0.5, 0.6) is 0 Å². The highest BCUT2D eigenvalue weighted by Gasteiger charge is 2.26. The third-order valence-corrected chi connectivity index (χ3v) is 5.79. The summed E-state index contributed by atoms with van der Waals surface area (Å²) < 4.78 is 0. The van der Waals surface area contributed by atoms with Crippen LogP contribution in [0.3, 0.4) is 0 Å². The van der Waals surface area contributed by atoms with Crippen LogP contribution in [-0.4, -0.2) is 48.9 Å². The minimum atomic E-state index is -0.0203. The molecule has 5 heteroatoms. The Morgan fingerprint density at radius 1 is 1.19 bits per heavy atom. The van der Waals surface area contributed by atoms with Crippen LogP contribution >= 0.6 is 0 Å². The second-order valence-corrected chi connectivity index (χ2v) is 8.08. The van der Waals surface area contributed by atoms with E-state index in [1.165, 1.54) is 11.1 Å². The van der Waals surface area contributed by atoms with Crippen molar-refractivity contribution in [2.24, 2.45) is 5.92 Å². The number of likely N-dealkylation sites (tertiary alicyclic amines) is 1. The van der Waals surface area contributed by atoms with Crippen molar-refractivity contribution in [2.75, 3.05) is 26.2 Å². The van der Waals surface area contributed by atoms with Crippen molar-refractivity contribution in [3.8, 4) is 0 Å². The number of hydrogen-bond acceptors (Lipinski definition) is 3. The molecule has 2 saturated heterocycles. The minimum Gasteiger partial charge on any atom is -0.354 e. The first-order valence-corrected chi connectivity index (χ1v) is 10.5. The van der Waals surface area contributed by atoms with Gasteiger partial charge in [0, 0.05) is 26.1 Å². The summed E-state index contributed by atoms with van der Waals surface area (Å²) in [5.74, 6) is 0.759. The summed E-state index contributed by atoms with van der Waals surface area (Å²) in [7, 11) is 0. The molecule has 2 N–H and O–H groups in total. The summed E-state index contributed by atoms with van der Waals surface area (Å²) in [4.78, 5) is 26.7. The van der Waals surface area contributed by atoms with Gasteiger partial charge in [-0.15, -0.1) is 0 Å². The second-order valence-electron chi connectivity index (χ2n) is 8.08. The van der Waals surface area contributed by atoms with Gasteiger partial charge >= 0.3 is 0 Å². The lowest BCUT2D eigenvalue weighted by Gasteiger charge is -2.33. The summed E-state index contributed by atoms with van der Waals surface area (Å²) in [6.07, 6.45) is 6.59. The molecule has 3 rings (SSSR count). The molecule has 0 bridgehead atoms. The molecule has 0 aromatic heterocycles. The van der Waals surface area contributed by atoms with Gasteiger partial charge in [-0.3, -0.25) is 9.59 Å². The van der Waals surface area contributed by atoms with Gasteiger partial charge in [0.1, 0.15) is 0 Å². The Morgan fingerprint density at radius 3 is 2.74 bits per heavy atom. The molecular formula is C22H33N3O2. The Hall–Kier alpha value is -1.88. The van der Waals surface area contributed by atoms with E-state index in [0.717, 1.165) is 58.2 Å². The molecule has 2 fully saturated rings. The van der Waals surface area contributed by atoms with Crippen LogP contribution in [0.2, 0.25) is 0 Å². The Morgan fingerprint density at radius 2 is 2.00 bits per heavy atom. The van der Waals surface area contributed by atoms with E-state index in [9.17, 15) is 9.59 Å². The molecule has 0 saturated carbocycles. The number of piperidine rings is 1. The van der Waals surface area contributed by atoms with E-state index in [4.69, 9.17) is 0 Å². The molecule has 5 nitrogen and oxygen atoms in total. The molecule has 27 heavy (non-hydrogen) atoms. The van der Waals surface area contributed by atoms with Gasteiger partial charge < -0.3 is 15.5 Å². The maximum absolute atomic E-state index is 12.6. The number of aryl methyl sites for hydroxylation is 2. The standard InChI is InChI=1S/C22H33N3O2/c1-17-9-11-18(12-10-17)5-2-8-21(26)25-14-4-6-19(16-25)15-24-22(27)20-7-3-13-23-20/h9-12,19-20,23H,2-8,13-16H2,1H3,(H,24,27). The van der Waals surface area contributed by atoms with Crippen LogP contribution in [0.15, 0.2) is 24.3 Å². The number of carbonyl (C=O) groups excluding carboxylic acids is 2. The third-order valence-electron chi connectivity index (χ3n) is 5.79. The zero-order valence-corrected chi connectivity index (χ0v) is 16.5. The van der Waals surface area contributed by atoms with E-state index in [1.54, 1.807) is 0 Å². The number of hydrogen-bond donors (Lipinski definition) is 2. The van der Waals surface area contributed by atoms with E-state index in [1.807, 2.05) is 4.90 Å². The lowest BCUT2D eigenvalue weighted by Crippen LogP contribution is -2.46. The molecule has 0 spiro atoms. The molecular weight excluding hydrogens is 338 g/mol. The number of amides is 2. The van der Waals surface area contributed by atoms with Crippen LogP contribution in [0, 0.1) is 12.8 Å². The first-order chi connectivity index (χ1) is 13.1. The van der Waals surface area contributed by atoms with E-state index in [0.29, 0.717) is 18.9 Å². The van der Waals surface area contributed by atoms with Crippen molar-refractivity contribution >= 4 is 11.8 Å². The predicted molar refractivity (Wildman–Crippen MR) is 107 cm³/mol. The number of nitrogens with zero attached hydrogens (tertiary/aromatic N) is 1. The van der Waals surface area contributed by atoms with Gasteiger partial charge in [0.15, 0.2) is 0 Å². The van der Waals surface area contributed by atoms with Crippen LogP contribution in [0.25, 0.3) is 0 Å². The second kappa shape index (κ2) is 9.88. The van der Waals surface area contributed by atoms with Crippen molar-refractivity contribution < 1.29 is 9.59 Å². The monoisotopic (exact) mass is 371 g/mol. The number of nitrogens with one attached hydrogen (secondary N) is 2. The predicted octanol–water partition coefficient (Wildman–Crippen LogP) is 2.42.